The Bertz CT molecular complexity index is 576. The number of rotatable bonds is 9. The monoisotopic (exact) mass is 312 g/mol. The molecule has 2 aromatic rings. The van der Waals surface area contributed by atoms with Crippen molar-refractivity contribution in [3.8, 4) is 5.75 Å². The molecular weight excluding hydrogens is 288 g/mol. The lowest BCUT2D eigenvalue weighted by Gasteiger charge is -2.07. The molecule has 23 heavy (non-hydrogen) atoms. The molecule has 0 aliphatic rings. The van der Waals surface area contributed by atoms with Gasteiger partial charge in [-0.2, -0.15) is 0 Å². The first-order valence-corrected chi connectivity index (χ1v) is 8.23. The van der Waals surface area contributed by atoms with Crippen LogP contribution in [0.3, 0.4) is 0 Å². The third-order valence-corrected chi connectivity index (χ3v) is 3.50. The van der Waals surface area contributed by atoms with Crippen molar-refractivity contribution in [2.75, 3.05) is 13.2 Å². The normalized spacial score (nSPS) is 10.3. The molecule has 3 heteroatoms. The van der Waals surface area contributed by atoms with Gasteiger partial charge in [-0.15, -0.1) is 0 Å². The Balaban J connectivity index is 1.67. The van der Waals surface area contributed by atoms with Gasteiger partial charge < -0.3 is 9.47 Å². The first-order chi connectivity index (χ1) is 11.3. The van der Waals surface area contributed by atoms with Crippen molar-refractivity contribution in [3.05, 3.63) is 65.7 Å². The second-order valence-corrected chi connectivity index (χ2v) is 5.45. The molecule has 122 valence electrons. The molecule has 0 aromatic heterocycles. The van der Waals surface area contributed by atoms with E-state index in [9.17, 15) is 4.79 Å². The molecule has 0 aliphatic heterocycles. The minimum absolute atomic E-state index is 0.277. The molecule has 2 aromatic carbocycles. The van der Waals surface area contributed by atoms with Crippen LogP contribution in [0.1, 0.15) is 42.1 Å². The van der Waals surface area contributed by atoms with Gasteiger partial charge >= 0.3 is 5.97 Å². The first-order valence-electron chi connectivity index (χ1n) is 8.23. The van der Waals surface area contributed by atoms with Crippen molar-refractivity contribution in [2.45, 2.75) is 32.6 Å². The molecular formula is C20H24O3. The van der Waals surface area contributed by atoms with Crippen LogP contribution in [-0.2, 0) is 11.2 Å². The van der Waals surface area contributed by atoms with E-state index in [-0.39, 0.29) is 5.97 Å². The van der Waals surface area contributed by atoms with Crippen LogP contribution in [0.2, 0.25) is 0 Å². The molecule has 0 atom stereocenters. The van der Waals surface area contributed by atoms with Gasteiger partial charge in [-0.1, -0.05) is 37.3 Å². The third kappa shape index (κ3) is 6.15. The molecule has 0 aliphatic carbocycles. The molecule has 0 amide bonds. The van der Waals surface area contributed by atoms with Crippen LogP contribution in [0.15, 0.2) is 54.6 Å². The zero-order valence-electron chi connectivity index (χ0n) is 13.7. The van der Waals surface area contributed by atoms with Crippen LogP contribution in [0.5, 0.6) is 5.75 Å². The Hall–Kier alpha value is -2.29. The number of ether oxygens (including phenoxy) is 2. The maximum atomic E-state index is 11.7. The van der Waals surface area contributed by atoms with E-state index < -0.39 is 0 Å². The fourth-order valence-electron chi connectivity index (χ4n) is 2.23. The lowest BCUT2D eigenvalue weighted by Crippen LogP contribution is -2.05. The Morgan fingerprint density at radius 3 is 2.35 bits per heavy atom. The molecule has 0 N–H and O–H groups in total. The van der Waals surface area contributed by atoms with E-state index in [2.05, 4.69) is 24.3 Å². The number of hydrogen-bond acceptors (Lipinski definition) is 3. The zero-order valence-corrected chi connectivity index (χ0v) is 13.7. The zero-order chi connectivity index (χ0) is 16.3. The predicted octanol–water partition coefficient (Wildman–Crippen LogP) is 4.66. The van der Waals surface area contributed by atoms with Crippen LogP contribution in [0.4, 0.5) is 0 Å². The van der Waals surface area contributed by atoms with Crippen LogP contribution >= 0.6 is 0 Å². The van der Waals surface area contributed by atoms with Crippen LogP contribution in [0, 0.1) is 0 Å². The quantitative estimate of drug-likeness (QED) is 0.499. The largest absolute Gasteiger partial charge is 0.494 e. The van der Waals surface area contributed by atoms with Gasteiger partial charge in [0.25, 0.3) is 0 Å². The molecule has 0 fully saturated rings. The third-order valence-electron chi connectivity index (χ3n) is 3.50. The summed E-state index contributed by atoms with van der Waals surface area (Å²) in [5, 5.41) is 0. The second kappa shape index (κ2) is 9.67. The van der Waals surface area contributed by atoms with Gasteiger partial charge in [0, 0.05) is 0 Å². The van der Waals surface area contributed by atoms with E-state index in [4.69, 9.17) is 9.47 Å². The Morgan fingerprint density at radius 2 is 1.65 bits per heavy atom. The van der Waals surface area contributed by atoms with E-state index in [1.807, 2.05) is 25.1 Å². The number of aryl methyl sites for hydroxylation is 1. The number of benzene rings is 2. The van der Waals surface area contributed by atoms with Crippen LogP contribution in [0.25, 0.3) is 0 Å². The summed E-state index contributed by atoms with van der Waals surface area (Å²) in [5.41, 5.74) is 1.93. The van der Waals surface area contributed by atoms with Gasteiger partial charge in [-0.05, 0) is 55.5 Å². The summed E-state index contributed by atoms with van der Waals surface area (Å²) in [7, 11) is 0. The Labute approximate surface area is 138 Å². The molecule has 0 unspecified atom stereocenters. The van der Waals surface area contributed by atoms with Crippen LogP contribution < -0.4 is 4.74 Å². The van der Waals surface area contributed by atoms with Gasteiger partial charge in [-0.25, -0.2) is 4.79 Å². The molecule has 0 saturated carbocycles. The SMILES string of the molecule is CCCOC(=O)c1ccc(OCCCCc2ccccc2)cc1. The number of carbonyl (C=O) groups excluding carboxylic acids is 1. The van der Waals surface area contributed by atoms with Gasteiger partial charge in [0.15, 0.2) is 0 Å². The summed E-state index contributed by atoms with van der Waals surface area (Å²) in [6, 6.07) is 17.6. The molecule has 0 radical (unpaired) electrons. The van der Waals surface area contributed by atoms with Gasteiger partial charge in [0.1, 0.15) is 5.75 Å². The van der Waals surface area contributed by atoms with E-state index >= 15 is 0 Å². The summed E-state index contributed by atoms with van der Waals surface area (Å²) < 4.78 is 10.8. The van der Waals surface area contributed by atoms with Gasteiger partial charge in [0.05, 0.1) is 18.8 Å². The van der Waals surface area contributed by atoms with E-state index in [1.54, 1.807) is 12.1 Å². The number of unbranched alkanes of at least 4 members (excludes halogenated alkanes) is 1. The summed E-state index contributed by atoms with van der Waals surface area (Å²) in [6.07, 6.45) is 4.02. The molecule has 2 rings (SSSR count). The minimum atomic E-state index is -0.277. The Morgan fingerprint density at radius 1 is 0.913 bits per heavy atom. The van der Waals surface area contributed by atoms with Crippen molar-refractivity contribution in [2.24, 2.45) is 0 Å². The summed E-state index contributed by atoms with van der Waals surface area (Å²) in [6.45, 7) is 3.12. The number of esters is 1. The van der Waals surface area contributed by atoms with Crippen molar-refractivity contribution in [3.63, 3.8) is 0 Å². The molecule has 3 nitrogen and oxygen atoms in total. The average Bonchev–Trinajstić information content (AvgIpc) is 2.61. The highest BCUT2D eigenvalue weighted by Gasteiger charge is 2.06. The smallest absolute Gasteiger partial charge is 0.338 e. The second-order valence-electron chi connectivity index (χ2n) is 5.45. The lowest BCUT2D eigenvalue weighted by molar-refractivity contribution is 0.0505. The average molecular weight is 312 g/mol. The number of carbonyl (C=O) groups is 1. The lowest BCUT2D eigenvalue weighted by atomic mass is 10.1. The molecule has 0 spiro atoms. The number of hydrogen-bond donors (Lipinski definition) is 0. The highest BCUT2D eigenvalue weighted by Crippen LogP contribution is 2.14. The van der Waals surface area contributed by atoms with Crippen LogP contribution in [-0.4, -0.2) is 19.2 Å². The molecule has 0 bridgehead atoms. The molecule has 0 saturated heterocycles. The van der Waals surface area contributed by atoms with E-state index in [0.29, 0.717) is 18.8 Å². The maximum absolute atomic E-state index is 11.7. The summed E-state index contributed by atoms with van der Waals surface area (Å²) >= 11 is 0. The van der Waals surface area contributed by atoms with Crippen molar-refractivity contribution in [1.29, 1.82) is 0 Å². The highest BCUT2D eigenvalue weighted by atomic mass is 16.5. The minimum Gasteiger partial charge on any atom is -0.494 e. The standard InChI is InChI=1S/C20H24O3/c1-2-15-23-20(21)18-11-13-19(14-12-18)22-16-7-6-10-17-8-4-3-5-9-17/h3-5,8-9,11-14H,2,6-7,10,15-16H2,1H3. The highest BCUT2D eigenvalue weighted by molar-refractivity contribution is 5.89. The van der Waals surface area contributed by atoms with E-state index in [1.165, 1.54) is 5.56 Å². The first kappa shape index (κ1) is 17.1. The van der Waals surface area contributed by atoms with E-state index in [0.717, 1.165) is 31.4 Å². The summed E-state index contributed by atoms with van der Waals surface area (Å²) in [4.78, 5) is 11.7. The van der Waals surface area contributed by atoms with Gasteiger partial charge in [-0.3, -0.25) is 0 Å². The topological polar surface area (TPSA) is 35.5 Å². The molecule has 0 heterocycles. The van der Waals surface area contributed by atoms with Crippen molar-refractivity contribution < 1.29 is 14.3 Å². The fourth-order valence-corrected chi connectivity index (χ4v) is 2.23. The predicted molar refractivity (Wildman–Crippen MR) is 91.9 cm³/mol. The Kier molecular flexibility index (Phi) is 7.18. The van der Waals surface area contributed by atoms with Crippen molar-refractivity contribution in [1.82, 2.24) is 0 Å². The van der Waals surface area contributed by atoms with Gasteiger partial charge in [0.2, 0.25) is 0 Å². The maximum Gasteiger partial charge on any atom is 0.338 e. The summed E-state index contributed by atoms with van der Waals surface area (Å²) in [5.74, 6) is 0.512. The fraction of sp³-hybridized carbons (Fsp3) is 0.350. The van der Waals surface area contributed by atoms with Crippen molar-refractivity contribution >= 4 is 5.97 Å².